The highest BCUT2D eigenvalue weighted by atomic mass is 16.5. The highest BCUT2D eigenvalue weighted by molar-refractivity contribution is 5.95. The van der Waals surface area contributed by atoms with Gasteiger partial charge in [-0.15, -0.1) is 0 Å². The van der Waals surface area contributed by atoms with Gasteiger partial charge in [-0.2, -0.15) is 5.10 Å². The Bertz CT molecular complexity index is 1400. The van der Waals surface area contributed by atoms with Crippen molar-refractivity contribution in [3.8, 4) is 5.75 Å². The minimum absolute atomic E-state index is 0.00656. The lowest BCUT2D eigenvalue weighted by molar-refractivity contribution is -0.884. The van der Waals surface area contributed by atoms with Gasteiger partial charge in [0.25, 0.3) is 0 Å². The molecule has 230 valence electrons. The number of aryl methyl sites for hydroxylation is 1. The molecule has 3 atom stereocenters. The predicted octanol–water partition coefficient (Wildman–Crippen LogP) is 4.42. The van der Waals surface area contributed by atoms with Crippen LogP contribution >= 0.6 is 0 Å². The second-order valence-electron chi connectivity index (χ2n) is 13.0. The molecule has 9 nitrogen and oxygen atoms in total. The fraction of sp³-hybridized carbons (Fsp3) is 0.500. The Morgan fingerprint density at radius 3 is 2.70 bits per heavy atom. The van der Waals surface area contributed by atoms with Gasteiger partial charge in [0, 0.05) is 61.7 Å². The number of fused-ring (bicyclic) bond motifs is 1. The standard InChI is InChI=1S/C34H45N5O4/c1-5-6-17-38(28-10-7-9-25(20-28)24-39(2,3)4)32(40)23-36-22-29(26-11-12-31-27(21-26)14-19-43-31)33(34(41)42)30(36)13-18-37-16-8-15-35-37/h7-12,15-16,20-21,29-30,33H,5-6,13-14,17-19,22-24H2,1-4H3/p+1/t29-,30+,33?/m1/s1. The topological polar surface area (TPSA) is 87.9 Å². The number of benzene rings is 2. The Kier molecular flexibility index (Phi) is 9.52. The molecule has 2 aromatic carbocycles. The van der Waals surface area contributed by atoms with E-state index in [9.17, 15) is 14.7 Å². The van der Waals surface area contributed by atoms with Crippen LogP contribution in [0.15, 0.2) is 60.9 Å². The van der Waals surface area contributed by atoms with E-state index in [1.165, 1.54) is 5.56 Å². The zero-order chi connectivity index (χ0) is 30.6. The van der Waals surface area contributed by atoms with Gasteiger partial charge in [-0.1, -0.05) is 37.6 Å². The van der Waals surface area contributed by atoms with Crippen molar-refractivity contribution in [3.63, 3.8) is 0 Å². The average molecular weight is 589 g/mol. The van der Waals surface area contributed by atoms with E-state index in [-0.39, 0.29) is 24.4 Å². The largest absolute Gasteiger partial charge is 0.493 e. The van der Waals surface area contributed by atoms with Crippen molar-refractivity contribution in [2.24, 2.45) is 5.92 Å². The van der Waals surface area contributed by atoms with Crippen molar-refractivity contribution >= 4 is 17.6 Å². The number of rotatable bonds is 13. The van der Waals surface area contributed by atoms with Gasteiger partial charge < -0.3 is 19.2 Å². The number of carboxylic acid groups (broad SMARTS) is 1. The molecule has 1 aromatic heterocycles. The second-order valence-corrected chi connectivity index (χ2v) is 13.0. The van der Waals surface area contributed by atoms with Gasteiger partial charge >= 0.3 is 5.97 Å². The van der Waals surface area contributed by atoms with Crippen molar-refractivity contribution in [1.29, 1.82) is 0 Å². The van der Waals surface area contributed by atoms with E-state index in [1.807, 2.05) is 46.1 Å². The Morgan fingerprint density at radius 2 is 1.98 bits per heavy atom. The lowest BCUT2D eigenvalue weighted by Crippen LogP contribution is -2.45. The quantitative estimate of drug-likeness (QED) is 0.298. The molecule has 9 heteroatoms. The van der Waals surface area contributed by atoms with Gasteiger partial charge in [-0.25, -0.2) is 0 Å². The van der Waals surface area contributed by atoms with Crippen molar-refractivity contribution in [3.05, 3.63) is 77.6 Å². The fourth-order valence-corrected chi connectivity index (χ4v) is 6.67. The third-order valence-corrected chi connectivity index (χ3v) is 8.64. The molecule has 1 N–H and O–H groups in total. The molecule has 3 aromatic rings. The van der Waals surface area contributed by atoms with Crippen LogP contribution < -0.4 is 9.64 Å². The van der Waals surface area contributed by atoms with Crippen LogP contribution in [0.25, 0.3) is 0 Å². The number of ether oxygens (including phenoxy) is 1. The summed E-state index contributed by atoms with van der Waals surface area (Å²) in [5, 5.41) is 14.9. The number of aliphatic carboxylic acids is 1. The fourth-order valence-electron chi connectivity index (χ4n) is 6.67. The molecule has 2 aliphatic rings. The van der Waals surface area contributed by atoms with Gasteiger partial charge in [0.05, 0.1) is 40.2 Å². The summed E-state index contributed by atoms with van der Waals surface area (Å²) in [4.78, 5) is 31.1. The van der Waals surface area contributed by atoms with Crippen molar-refractivity contribution in [2.75, 3.05) is 52.3 Å². The molecule has 2 aliphatic heterocycles. The maximum Gasteiger partial charge on any atom is 0.308 e. The summed E-state index contributed by atoms with van der Waals surface area (Å²) in [5.74, 6) is -0.795. The summed E-state index contributed by atoms with van der Waals surface area (Å²) < 4.78 is 8.35. The molecule has 0 bridgehead atoms. The van der Waals surface area contributed by atoms with Crippen LogP contribution in [0.5, 0.6) is 5.75 Å². The van der Waals surface area contributed by atoms with Crippen LogP contribution in [0.1, 0.15) is 48.8 Å². The summed E-state index contributed by atoms with van der Waals surface area (Å²) >= 11 is 0. The van der Waals surface area contributed by atoms with Gasteiger partial charge in [0.1, 0.15) is 12.3 Å². The van der Waals surface area contributed by atoms with E-state index in [4.69, 9.17) is 4.74 Å². The summed E-state index contributed by atoms with van der Waals surface area (Å²) in [7, 11) is 6.48. The molecule has 1 unspecified atom stereocenters. The maximum absolute atomic E-state index is 14.2. The lowest BCUT2D eigenvalue weighted by atomic mass is 9.83. The van der Waals surface area contributed by atoms with E-state index in [2.05, 4.69) is 56.3 Å². The zero-order valence-corrected chi connectivity index (χ0v) is 26.0. The zero-order valence-electron chi connectivity index (χ0n) is 26.0. The molecule has 1 saturated heterocycles. The summed E-state index contributed by atoms with van der Waals surface area (Å²) in [6, 6.07) is 16.0. The number of carbonyl (C=O) groups excluding carboxylic acids is 1. The summed E-state index contributed by atoms with van der Waals surface area (Å²) in [5.41, 5.74) is 4.22. The number of anilines is 1. The van der Waals surface area contributed by atoms with Crippen LogP contribution in [0, 0.1) is 5.92 Å². The van der Waals surface area contributed by atoms with Crippen molar-refractivity contribution in [2.45, 2.75) is 57.7 Å². The monoisotopic (exact) mass is 588 g/mol. The van der Waals surface area contributed by atoms with Gasteiger partial charge in [0.15, 0.2) is 0 Å². The SMILES string of the molecule is CCCCN(C(=O)CN1C[C@H](c2ccc3c(c2)CCO3)C(C(=O)O)[C@@H]1CCn1cccn1)c1cccc(C[N+](C)(C)C)c1. The number of aromatic nitrogens is 2. The van der Waals surface area contributed by atoms with E-state index >= 15 is 0 Å². The van der Waals surface area contributed by atoms with Crippen LogP contribution in [0.3, 0.4) is 0 Å². The first-order valence-corrected chi connectivity index (χ1v) is 15.5. The van der Waals surface area contributed by atoms with Gasteiger partial charge in [-0.3, -0.25) is 19.2 Å². The lowest BCUT2D eigenvalue weighted by Gasteiger charge is -2.30. The molecular formula is C34H46N5O4+. The van der Waals surface area contributed by atoms with Gasteiger partial charge in [0.2, 0.25) is 5.91 Å². The number of hydrogen-bond acceptors (Lipinski definition) is 5. The van der Waals surface area contributed by atoms with E-state index in [0.29, 0.717) is 32.7 Å². The number of hydrogen-bond donors (Lipinski definition) is 1. The summed E-state index contributed by atoms with van der Waals surface area (Å²) in [6.07, 6.45) is 6.92. The number of likely N-dealkylation sites (tertiary alicyclic amines) is 1. The smallest absolute Gasteiger partial charge is 0.308 e. The third kappa shape index (κ3) is 7.46. The first kappa shape index (κ1) is 30.8. The molecule has 0 radical (unpaired) electrons. The number of quaternary nitrogens is 1. The number of unbranched alkanes of at least 4 members (excludes halogenated alkanes) is 1. The molecule has 43 heavy (non-hydrogen) atoms. The Hall–Kier alpha value is -3.69. The molecule has 1 fully saturated rings. The number of carbonyl (C=O) groups is 2. The van der Waals surface area contributed by atoms with Crippen LogP contribution in [0.4, 0.5) is 5.69 Å². The van der Waals surface area contributed by atoms with E-state index in [0.717, 1.165) is 52.9 Å². The van der Waals surface area contributed by atoms with Gasteiger partial charge in [-0.05, 0) is 48.2 Å². The number of amides is 1. The molecule has 1 amide bonds. The number of carboxylic acids is 1. The van der Waals surface area contributed by atoms with E-state index < -0.39 is 11.9 Å². The highest BCUT2D eigenvalue weighted by Gasteiger charge is 2.47. The molecule has 0 aliphatic carbocycles. The molecule has 5 rings (SSSR count). The van der Waals surface area contributed by atoms with E-state index in [1.54, 1.807) is 6.20 Å². The second kappa shape index (κ2) is 13.3. The minimum atomic E-state index is -0.821. The van der Waals surface area contributed by atoms with Crippen molar-refractivity contribution in [1.82, 2.24) is 14.7 Å². The third-order valence-electron chi connectivity index (χ3n) is 8.64. The molecule has 0 saturated carbocycles. The molecule has 0 spiro atoms. The van der Waals surface area contributed by atoms with Crippen LogP contribution in [-0.2, 0) is 29.1 Å². The van der Waals surface area contributed by atoms with Crippen LogP contribution in [0.2, 0.25) is 0 Å². The minimum Gasteiger partial charge on any atom is -0.493 e. The first-order chi connectivity index (χ1) is 20.6. The molecule has 3 heterocycles. The Morgan fingerprint density at radius 1 is 1.14 bits per heavy atom. The predicted molar refractivity (Wildman–Crippen MR) is 167 cm³/mol. The average Bonchev–Trinajstić information content (AvgIpc) is 3.71. The van der Waals surface area contributed by atoms with Crippen LogP contribution in [-0.4, -0.2) is 89.6 Å². The normalized spacial score (nSPS) is 20.1. The first-order valence-electron chi connectivity index (χ1n) is 15.5. The maximum atomic E-state index is 14.2. The Labute approximate surface area is 255 Å². The summed E-state index contributed by atoms with van der Waals surface area (Å²) in [6.45, 7) is 5.54. The number of nitrogens with zero attached hydrogens (tertiary/aromatic N) is 5. The van der Waals surface area contributed by atoms with Crippen molar-refractivity contribution < 1.29 is 23.9 Å². The Balaban J connectivity index is 1.43. The highest BCUT2D eigenvalue weighted by Crippen LogP contribution is 2.41. The molecular weight excluding hydrogens is 542 g/mol.